The standard InChI is InChI=1S/C11H17N3O2S/c1-7(2)14(5-4-10(12)17)11(15)9-6-8(3)16-13-9/h6-7H,4-5H2,1-3H3,(H2,12,17). The van der Waals surface area contributed by atoms with Crippen molar-refractivity contribution in [1.82, 2.24) is 10.1 Å². The van der Waals surface area contributed by atoms with Crippen molar-refractivity contribution in [3.63, 3.8) is 0 Å². The van der Waals surface area contributed by atoms with Crippen molar-refractivity contribution in [2.24, 2.45) is 5.73 Å². The van der Waals surface area contributed by atoms with Gasteiger partial charge in [-0.3, -0.25) is 4.79 Å². The Labute approximate surface area is 106 Å². The molecule has 2 N–H and O–H groups in total. The third kappa shape index (κ3) is 3.81. The van der Waals surface area contributed by atoms with Crippen molar-refractivity contribution in [1.29, 1.82) is 0 Å². The van der Waals surface area contributed by atoms with E-state index >= 15 is 0 Å². The molecule has 17 heavy (non-hydrogen) atoms. The summed E-state index contributed by atoms with van der Waals surface area (Å²) in [4.78, 5) is 14.2. The number of nitrogens with zero attached hydrogens (tertiary/aromatic N) is 2. The normalized spacial score (nSPS) is 10.6. The number of rotatable bonds is 5. The summed E-state index contributed by atoms with van der Waals surface area (Å²) >= 11 is 4.81. The number of carbonyl (C=O) groups is 1. The summed E-state index contributed by atoms with van der Waals surface area (Å²) in [6.45, 7) is 6.12. The van der Waals surface area contributed by atoms with Crippen molar-refractivity contribution in [2.45, 2.75) is 33.2 Å². The summed E-state index contributed by atoms with van der Waals surface area (Å²) in [5, 5.41) is 3.72. The lowest BCUT2D eigenvalue weighted by Crippen LogP contribution is -2.39. The molecule has 1 aromatic rings. The first-order chi connectivity index (χ1) is 7.91. The van der Waals surface area contributed by atoms with Crippen LogP contribution < -0.4 is 5.73 Å². The summed E-state index contributed by atoms with van der Waals surface area (Å²) in [5.41, 5.74) is 5.76. The van der Waals surface area contributed by atoms with Gasteiger partial charge in [0.25, 0.3) is 5.91 Å². The van der Waals surface area contributed by atoms with E-state index in [9.17, 15) is 4.79 Å². The van der Waals surface area contributed by atoms with Gasteiger partial charge < -0.3 is 15.2 Å². The molecule has 0 unspecified atom stereocenters. The highest BCUT2D eigenvalue weighted by Crippen LogP contribution is 2.09. The Morgan fingerprint density at radius 2 is 2.29 bits per heavy atom. The predicted octanol–water partition coefficient (Wildman–Crippen LogP) is 1.51. The van der Waals surface area contributed by atoms with Gasteiger partial charge in [0.2, 0.25) is 0 Å². The fraction of sp³-hybridized carbons (Fsp3) is 0.545. The highest BCUT2D eigenvalue weighted by atomic mass is 32.1. The molecule has 0 spiro atoms. The molecule has 0 aliphatic heterocycles. The Kier molecular flexibility index (Phi) is 4.62. The number of aryl methyl sites for hydroxylation is 1. The van der Waals surface area contributed by atoms with Crippen molar-refractivity contribution in [3.05, 3.63) is 17.5 Å². The summed E-state index contributed by atoms with van der Waals surface area (Å²) in [6.07, 6.45) is 0.510. The molecule has 0 saturated carbocycles. The van der Waals surface area contributed by atoms with Crippen LogP contribution in [0.2, 0.25) is 0 Å². The van der Waals surface area contributed by atoms with Crippen LogP contribution >= 0.6 is 12.2 Å². The Bertz CT molecular complexity index is 415. The molecule has 0 bridgehead atoms. The number of hydrogen-bond donors (Lipinski definition) is 1. The molecule has 0 aromatic carbocycles. The highest BCUT2D eigenvalue weighted by Gasteiger charge is 2.21. The van der Waals surface area contributed by atoms with Crippen molar-refractivity contribution < 1.29 is 9.32 Å². The molecule has 0 fully saturated rings. The van der Waals surface area contributed by atoms with E-state index in [0.29, 0.717) is 29.4 Å². The van der Waals surface area contributed by atoms with Gasteiger partial charge in [-0.05, 0) is 20.8 Å². The van der Waals surface area contributed by atoms with Gasteiger partial charge in [-0.2, -0.15) is 0 Å². The zero-order chi connectivity index (χ0) is 13.0. The summed E-state index contributed by atoms with van der Waals surface area (Å²) in [5.74, 6) is 0.458. The molecular weight excluding hydrogens is 238 g/mol. The van der Waals surface area contributed by atoms with Crippen LogP contribution in [0.1, 0.15) is 36.5 Å². The zero-order valence-corrected chi connectivity index (χ0v) is 11.1. The lowest BCUT2D eigenvalue weighted by Gasteiger charge is -2.25. The van der Waals surface area contributed by atoms with Gasteiger partial charge in [0.05, 0.1) is 4.99 Å². The minimum absolute atomic E-state index is 0.0638. The SMILES string of the molecule is Cc1cc(C(=O)N(CCC(N)=S)C(C)C)no1. The molecule has 1 heterocycles. The minimum Gasteiger partial charge on any atom is -0.393 e. The number of amides is 1. The fourth-order valence-corrected chi connectivity index (χ4v) is 1.53. The lowest BCUT2D eigenvalue weighted by molar-refractivity contribution is 0.0701. The van der Waals surface area contributed by atoms with E-state index < -0.39 is 0 Å². The Morgan fingerprint density at radius 3 is 2.71 bits per heavy atom. The number of hydrogen-bond acceptors (Lipinski definition) is 4. The van der Waals surface area contributed by atoms with Gasteiger partial charge in [0.1, 0.15) is 5.76 Å². The average Bonchev–Trinajstić information content (AvgIpc) is 2.63. The van der Waals surface area contributed by atoms with Gasteiger partial charge in [0, 0.05) is 25.1 Å². The minimum atomic E-state index is -0.159. The molecule has 6 heteroatoms. The molecule has 94 valence electrons. The zero-order valence-electron chi connectivity index (χ0n) is 10.3. The van der Waals surface area contributed by atoms with Crippen LogP contribution in [0.25, 0.3) is 0 Å². The topological polar surface area (TPSA) is 72.4 Å². The molecule has 1 amide bonds. The third-order valence-corrected chi connectivity index (χ3v) is 2.53. The maximum atomic E-state index is 12.1. The van der Waals surface area contributed by atoms with Crippen LogP contribution in [0, 0.1) is 6.92 Å². The second-order valence-corrected chi connectivity index (χ2v) is 4.66. The van der Waals surface area contributed by atoms with E-state index in [1.165, 1.54) is 0 Å². The Morgan fingerprint density at radius 1 is 1.65 bits per heavy atom. The Hall–Kier alpha value is -1.43. The van der Waals surface area contributed by atoms with E-state index in [2.05, 4.69) is 5.16 Å². The monoisotopic (exact) mass is 255 g/mol. The molecule has 1 aromatic heterocycles. The maximum absolute atomic E-state index is 12.1. The first-order valence-corrected chi connectivity index (χ1v) is 5.85. The van der Waals surface area contributed by atoms with Gasteiger partial charge in [-0.25, -0.2) is 0 Å². The molecule has 0 aliphatic rings. The highest BCUT2D eigenvalue weighted by molar-refractivity contribution is 7.80. The van der Waals surface area contributed by atoms with Gasteiger partial charge in [-0.1, -0.05) is 17.4 Å². The first-order valence-electron chi connectivity index (χ1n) is 5.44. The lowest BCUT2D eigenvalue weighted by atomic mass is 10.2. The van der Waals surface area contributed by atoms with E-state index in [1.807, 2.05) is 13.8 Å². The molecule has 0 aliphatic carbocycles. The van der Waals surface area contributed by atoms with E-state index in [4.69, 9.17) is 22.5 Å². The molecule has 1 rings (SSSR count). The van der Waals surface area contributed by atoms with Gasteiger partial charge in [0.15, 0.2) is 5.69 Å². The summed E-state index contributed by atoms with van der Waals surface area (Å²) in [6, 6.07) is 1.69. The predicted molar refractivity (Wildman–Crippen MR) is 68.8 cm³/mol. The summed E-state index contributed by atoms with van der Waals surface area (Å²) in [7, 11) is 0. The quantitative estimate of drug-likeness (QED) is 0.807. The molecule has 0 saturated heterocycles. The largest absolute Gasteiger partial charge is 0.393 e. The molecule has 0 atom stereocenters. The van der Waals surface area contributed by atoms with Crippen LogP contribution in [0.5, 0.6) is 0 Å². The second-order valence-electron chi connectivity index (χ2n) is 4.13. The van der Waals surface area contributed by atoms with E-state index in [-0.39, 0.29) is 11.9 Å². The summed E-state index contributed by atoms with van der Waals surface area (Å²) < 4.78 is 4.89. The molecule has 5 nitrogen and oxygen atoms in total. The van der Waals surface area contributed by atoms with Crippen LogP contribution in [0.15, 0.2) is 10.6 Å². The maximum Gasteiger partial charge on any atom is 0.276 e. The smallest absolute Gasteiger partial charge is 0.276 e. The van der Waals surface area contributed by atoms with Crippen molar-refractivity contribution in [3.8, 4) is 0 Å². The van der Waals surface area contributed by atoms with E-state index in [1.54, 1.807) is 17.9 Å². The first kappa shape index (κ1) is 13.6. The molecular formula is C11H17N3O2S. The van der Waals surface area contributed by atoms with Crippen molar-refractivity contribution in [2.75, 3.05) is 6.54 Å². The Balaban J connectivity index is 2.77. The van der Waals surface area contributed by atoms with Gasteiger partial charge in [-0.15, -0.1) is 0 Å². The van der Waals surface area contributed by atoms with Crippen LogP contribution in [0.3, 0.4) is 0 Å². The number of thiocarbonyl (C=S) groups is 1. The van der Waals surface area contributed by atoms with Crippen LogP contribution in [0.4, 0.5) is 0 Å². The van der Waals surface area contributed by atoms with Gasteiger partial charge >= 0.3 is 0 Å². The number of carbonyl (C=O) groups excluding carboxylic acids is 1. The number of aromatic nitrogens is 1. The van der Waals surface area contributed by atoms with Crippen LogP contribution in [-0.2, 0) is 0 Å². The third-order valence-electron chi connectivity index (χ3n) is 2.33. The second kappa shape index (κ2) is 5.77. The van der Waals surface area contributed by atoms with E-state index in [0.717, 1.165) is 0 Å². The van der Waals surface area contributed by atoms with Crippen molar-refractivity contribution >= 4 is 23.1 Å². The van der Waals surface area contributed by atoms with Crippen LogP contribution in [-0.4, -0.2) is 33.5 Å². The number of nitrogens with two attached hydrogens (primary N) is 1. The average molecular weight is 255 g/mol. The fourth-order valence-electron chi connectivity index (χ4n) is 1.44. The molecule has 0 radical (unpaired) electrons.